The SMILES string of the molecule is CC(C)(C)OC(=O)N(C(=O)OC(C)(C)C)c1ncnc(Oc2cc(F)c(N)cc2F)c1F. The molecule has 2 amide bonds. The molecule has 32 heavy (non-hydrogen) atoms. The van der Waals surface area contributed by atoms with Crippen molar-refractivity contribution in [2.24, 2.45) is 0 Å². The van der Waals surface area contributed by atoms with Crippen molar-refractivity contribution in [3.8, 4) is 11.6 Å². The molecular weight excluding hydrogens is 433 g/mol. The van der Waals surface area contributed by atoms with Crippen molar-refractivity contribution < 1.29 is 37.0 Å². The lowest BCUT2D eigenvalue weighted by Crippen LogP contribution is -2.44. The molecule has 1 aromatic carbocycles. The molecule has 2 aromatic rings. The molecule has 2 rings (SSSR count). The third-order valence-corrected chi connectivity index (χ3v) is 3.36. The lowest BCUT2D eigenvalue weighted by molar-refractivity contribution is 0.0427. The van der Waals surface area contributed by atoms with Crippen LogP contribution in [0.2, 0.25) is 0 Å². The maximum atomic E-state index is 15.2. The molecule has 1 aromatic heterocycles. The Hall–Kier alpha value is -3.57. The average molecular weight is 456 g/mol. The van der Waals surface area contributed by atoms with E-state index in [1.54, 1.807) is 0 Å². The van der Waals surface area contributed by atoms with E-state index in [0.717, 1.165) is 6.33 Å². The summed E-state index contributed by atoms with van der Waals surface area (Å²) < 4.78 is 58.2. The van der Waals surface area contributed by atoms with Crippen LogP contribution in [-0.2, 0) is 9.47 Å². The Morgan fingerprint density at radius 2 is 1.44 bits per heavy atom. The van der Waals surface area contributed by atoms with Crippen LogP contribution in [0, 0.1) is 17.5 Å². The van der Waals surface area contributed by atoms with Crippen LogP contribution in [-0.4, -0.2) is 33.4 Å². The second-order valence-corrected chi connectivity index (χ2v) is 8.52. The number of carbonyl (C=O) groups excluding carboxylic acids is 2. The van der Waals surface area contributed by atoms with E-state index in [2.05, 4.69) is 9.97 Å². The van der Waals surface area contributed by atoms with E-state index in [1.807, 2.05) is 0 Å². The lowest BCUT2D eigenvalue weighted by Gasteiger charge is -2.28. The third-order valence-electron chi connectivity index (χ3n) is 3.36. The minimum Gasteiger partial charge on any atom is -0.443 e. The molecule has 2 N–H and O–H groups in total. The Bertz CT molecular complexity index is 1010. The van der Waals surface area contributed by atoms with Gasteiger partial charge in [0.05, 0.1) is 5.69 Å². The van der Waals surface area contributed by atoms with Crippen molar-refractivity contribution in [2.45, 2.75) is 52.7 Å². The van der Waals surface area contributed by atoms with Gasteiger partial charge in [0.2, 0.25) is 5.82 Å². The first-order valence-electron chi connectivity index (χ1n) is 9.28. The van der Waals surface area contributed by atoms with Gasteiger partial charge in [-0.15, -0.1) is 0 Å². The summed E-state index contributed by atoms with van der Waals surface area (Å²) in [6, 6.07) is 1.23. The number of anilines is 2. The number of hydrogen-bond acceptors (Lipinski definition) is 8. The fraction of sp³-hybridized carbons (Fsp3) is 0.400. The lowest BCUT2D eigenvalue weighted by atomic mass is 10.2. The van der Waals surface area contributed by atoms with Gasteiger partial charge in [0.25, 0.3) is 5.88 Å². The predicted octanol–water partition coefficient (Wildman–Crippen LogP) is 4.95. The molecule has 0 fully saturated rings. The Balaban J connectivity index is 2.51. The quantitative estimate of drug-likeness (QED) is 0.645. The second-order valence-electron chi connectivity index (χ2n) is 8.52. The molecule has 0 radical (unpaired) electrons. The first-order chi connectivity index (χ1) is 14.6. The molecule has 0 saturated carbocycles. The number of imide groups is 1. The summed E-state index contributed by atoms with van der Waals surface area (Å²) in [5.41, 5.74) is 2.68. The zero-order valence-corrected chi connectivity index (χ0v) is 18.3. The largest absolute Gasteiger partial charge is 0.443 e. The molecule has 0 aliphatic rings. The molecule has 0 aliphatic heterocycles. The van der Waals surface area contributed by atoms with Gasteiger partial charge in [-0.3, -0.25) is 0 Å². The van der Waals surface area contributed by atoms with E-state index in [-0.39, 0.29) is 4.90 Å². The number of nitrogens with two attached hydrogens (primary N) is 1. The number of ether oxygens (including phenoxy) is 3. The van der Waals surface area contributed by atoms with E-state index in [4.69, 9.17) is 19.9 Å². The minimum atomic E-state index is -1.43. The van der Waals surface area contributed by atoms with Crippen LogP contribution >= 0.6 is 0 Å². The summed E-state index contributed by atoms with van der Waals surface area (Å²) in [6.45, 7) is 9.18. The van der Waals surface area contributed by atoms with Gasteiger partial charge in [0.1, 0.15) is 23.3 Å². The summed E-state index contributed by atoms with van der Waals surface area (Å²) in [7, 11) is 0. The molecular formula is C20H23F3N4O5. The van der Waals surface area contributed by atoms with E-state index in [9.17, 15) is 18.4 Å². The molecule has 174 valence electrons. The van der Waals surface area contributed by atoms with Gasteiger partial charge in [-0.1, -0.05) is 0 Å². The van der Waals surface area contributed by atoms with Crippen LogP contribution in [0.25, 0.3) is 0 Å². The van der Waals surface area contributed by atoms with Crippen molar-refractivity contribution in [2.75, 3.05) is 10.6 Å². The maximum Gasteiger partial charge on any atom is 0.425 e. The van der Waals surface area contributed by atoms with Crippen LogP contribution in [0.1, 0.15) is 41.5 Å². The van der Waals surface area contributed by atoms with Crippen LogP contribution in [0.15, 0.2) is 18.5 Å². The molecule has 0 saturated heterocycles. The van der Waals surface area contributed by atoms with Crippen molar-refractivity contribution in [3.63, 3.8) is 0 Å². The highest BCUT2D eigenvalue weighted by Gasteiger charge is 2.36. The average Bonchev–Trinajstić information content (AvgIpc) is 2.59. The van der Waals surface area contributed by atoms with Crippen LogP contribution in [0.3, 0.4) is 0 Å². The number of hydrogen-bond donors (Lipinski definition) is 1. The molecule has 0 spiro atoms. The van der Waals surface area contributed by atoms with Crippen LogP contribution in [0.5, 0.6) is 11.6 Å². The number of amides is 2. The summed E-state index contributed by atoms with van der Waals surface area (Å²) in [6.07, 6.45) is -1.83. The number of nitrogen functional groups attached to an aromatic ring is 1. The topological polar surface area (TPSA) is 117 Å². The molecule has 12 heteroatoms. The second kappa shape index (κ2) is 8.89. The van der Waals surface area contributed by atoms with Crippen LogP contribution < -0.4 is 15.4 Å². The number of carbonyl (C=O) groups is 2. The normalized spacial score (nSPS) is 11.7. The smallest absolute Gasteiger partial charge is 0.425 e. The maximum absolute atomic E-state index is 15.2. The highest BCUT2D eigenvalue weighted by molar-refractivity contribution is 6.08. The molecule has 1 heterocycles. The van der Waals surface area contributed by atoms with Crippen molar-refractivity contribution in [1.82, 2.24) is 9.97 Å². The number of benzene rings is 1. The first-order valence-corrected chi connectivity index (χ1v) is 9.28. The number of halogens is 3. The van der Waals surface area contributed by atoms with Crippen molar-refractivity contribution in [1.29, 1.82) is 0 Å². The minimum absolute atomic E-state index is 0.209. The highest BCUT2D eigenvalue weighted by Crippen LogP contribution is 2.32. The van der Waals surface area contributed by atoms with Crippen LogP contribution in [0.4, 0.5) is 34.3 Å². The van der Waals surface area contributed by atoms with E-state index < -0.39 is 64.0 Å². The molecule has 0 aliphatic carbocycles. The van der Waals surface area contributed by atoms with Crippen molar-refractivity contribution >= 4 is 23.7 Å². The predicted molar refractivity (Wildman–Crippen MR) is 108 cm³/mol. The highest BCUT2D eigenvalue weighted by atomic mass is 19.1. The standard InChI is InChI=1S/C20H23F3N4O5/c1-19(2,3)31-17(28)27(18(29)32-20(4,5)6)15-14(23)16(26-9-25-15)30-13-8-10(21)12(24)7-11(13)22/h7-9H,24H2,1-6H3. The van der Waals surface area contributed by atoms with E-state index >= 15 is 4.39 Å². The zero-order chi connectivity index (χ0) is 24.4. The van der Waals surface area contributed by atoms with Gasteiger partial charge in [-0.05, 0) is 41.5 Å². The summed E-state index contributed by atoms with van der Waals surface area (Å²) in [4.78, 5) is 32.6. The Morgan fingerprint density at radius 1 is 0.906 bits per heavy atom. The fourth-order valence-electron chi connectivity index (χ4n) is 2.16. The zero-order valence-electron chi connectivity index (χ0n) is 18.3. The number of nitrogens with zero attached hydrogens (tertiary/aromatic N) is 3. The number of aromatic nitrogens is 2. The summed E-state index contributed by atoms with van der Waals surface area (Å²) >= 11 is 0. The third kappa shape index (κ3) is 6.22. The van der Waals surface area contributed by atoms with Crippen molar-refractivity contribution in [3.05, 3.63) is 35.9 Å². The fourth-order valence-corrected chi connectivity index (χ4v) is 2.16. The Labute approximate surface area is 182 Å². The molecule has 0 bridgehead atoms. The summed E-state index contributed by atoms with van der Waals surface area (Å²) in [5, 5.41) is 0. The molecule has 0 atom stereocenters. The first kappa shape index (κ1) is 24.7. The molecule has 0 unspecified atom stereocenters. The monoisotopic (exact) mass is 456 g/mol. The molecule has 9 nitrogen and oxygen atoms in total. The van der Waals surface area contributed by atoms with Gasteiger partial charge >= 0.3 is 12.2 Å². The van der Waals surface area contributed by atoms with Gasteiger partial charge in [-0.25, -0.2) is 23.4 Å². The van der Waals surface area contributed by atoms with E-state index in [1.165, 1.54) is 41.5 Å². The Kier molecular flexibility index (Phi) is 6.86. The summed E-state index contributed by atoms with van der Waals surface area (Å²) in [5.74, 6) is -6.05. The van der Waals surface area contributed by atoms with Gasteiger partial charge in [-0.2, -0.15) is 14.3 Å². The van der Waals surface area contributed by atoms with E-state index in [0.29, 0.717) is 12.1 Å². The van der Waals surface area contributed by atoms with Gasteiger partial charge in [0, 0.05) is 12.1 Å². The Morgan fingerprint density at radius 3 is 1.94 bits per heavy atom. The van der Waals surface area contributed by atoms with Gasteiger partial charge in [0.15, 0.2) is 17.4 Å². The van der Waals surface area contributed by atoms with Gasteiger partial charge < -0.3 is 19.9 Å². The number of rotatable bonds is 3.